The molecule has 2 aromatic heterocycles. The van der Waals surface area contributed by atoms with Gasteiger partial charge in [-0.2, -0.15) is 5.10 Å². The summed E-state index contributed by atoms with van der Waals surface area (Å²) in [5.41, 5.74) is 3.20. The first-order valence-electron chi connectivity index (χ1n) is 10.6. The van der Waals surface area contributed by atoms with Gasteiger partial charge in [0.25, 0.3) is 5.91 Å². The van der Waals surface area contributed by atoms with Crippen molar-refractivity contribution in [2.24, 2.45) is 0 Å². The maximum atomic E-state index is 13.2. The summed E-state index contributed by atoms with van der Waals surface area (Å²) in [5, 5.41) is 12.1. The number of hydrogen-bond donors (Lipinski definition) is 2. The number of fused-ring (bicyclic) bond motifs is 1. The summed E-state index contributed by atoms with van der Waals surface area (Å²) in [5.74, 6) is 0.548. The Morgan fingerprint density at radius 1 is 1.12 bits per heavy atom. The van der Waals surface area contributed by atoms with E-state index in [0.29, 0.717) is 5.56 Å². The highest BCUT2D eigenvalue weighted by atomic mass is 32.1. The SMILES string of the molecule is Cc1cnc(C2CC(C)(C)n3ncc(C(=O)Nc4cccc(-c5ccccc5)c4)c3N2)s1. The van der Waals surface area contributed by atoms with Gasteiger partial charge in [0.05, 0.1) is 17.8 Å². The molecule has 0 spiro atoms. The van der Waals surface area contributed by atoms with Gasteiger partial charge >= 0.3 is 0 Å². The summed E-state index contributed by atoms with van der Waals surface area (Å²) in [4.78, 5) is 19.0. The van der Waals surface area contributed by atoms with Crippen molar-refractivity contribution in [3.8, 4) is 11.1 Å². The Labute approximate surface area is 191 Å². The minimum atomic E-state index is -0.240. The van der Waals surface area contributed by atoms with Gasteiger partial charge in [-0.15, -0.1) is 11.3 Å². The lowest BCUT2D eigenvalue weighted by Crippen LogP contribution is -2.38. The van der Waals surface area contributed by atoms with E-state index in [-0.39, 0.29) is 17.5 Å². The van der Waals surface area contributed by atoms with Gasteiger partial charge < -0.3 is 10.6 Å². The first kappa shape index (κ1) is 20.5. The molecule has 4 aromatic rings. The first-order valence-corrected chi connectivity index (χ1v) is 11.5. The zero-order chi connectivity index (χ0) is 22.3. The number of aryl methyl sites for hydroxylation is 1. The van der Waals surface area contributed by atoms with Crippen molar-refractivity contribution in [3.05, 3.63) is 82.4 Å². The first-order chi connectivity index (χ1) is 15.4. The maximum Gasteiger partial charge on any atom is 0.261 e. The standard InChI is InChI=1S/C25H25N5OS/c1-16-14-26-24(32-16)21-13-25(2,3)30-22(29-21)20(15-27-30)23(31)28-19-11-7-10-18(12-19)17-8-5-4-6-9-17/h4-12,14-15,21,29H,13H2,1-3H3,(H,28,31). The van der Waals surface area contributed by atoms with Crippen molar-refractivity contribution in [1.29, 1.82) is 0 Å². The number of aromatic nitrogens is 3. The summed E-state index contributed by atoms with van der Waals surface area (Å²) in [6.45, 7) is 6.34. The van der Waals surface area contributed by atoms with E-state index >= 15 is 0 Å². The Bertz CT molecular complexity index is 1270. The highest BCUT2D eigenvalue weighted by Gasteiger charge is 2.37. The van der Waals surface area contributed by atoms with E-state index in [0.717, 1.165) is 34.1 Å². The number of carbonyl (C=O) groups excluding carboxylic acids is 1. The zero-order valence-corrected chi connectivity index (χ0v) is 19.1. The smallest absolute Gasteiger partial charge is 0.261 e. The Hall–Kier alpha value is -3.45. The lowest BCUT2D eigenvalue weighted by molar-refractivity contribution is 0.102. The molecule has 0 aliphatic carbocycles. The molecule has 0 saturated carbocycles. The molecule has 1 aliphatic rings. The van der Waals surface area contributed by atoms with Gasteiger partial charge in [0, 0.05) is 16.8 Å². The molecule has 3 heterocycles. The molecule has 0 fully saturated rings. The molecular weight excluding hydrogens is 418 g/mol. The quantitative estimate of drug-likeness (QED) is 0.414. The van der Waals surface area contributed by atoms with Crippen LogP contribution in [0.1, 0.15) is 46.6 Å². The number of nitrogens with one attached hydrogen (secondary N) is 2. The fourth-order valence-corrected chi connectivity index (χ4v) is 5.03. The van der Waals surface area contributed by atoms with Crippen molar-refractivity contribution in [2.45, 2.75) is 38.8 Å². The monoisotopic (exact) mass is 443 g/mol. The van der Waals surface area contributed by atoms with Crippen LogP contribution in [0.3, 0.4) is 0 Å². The van der Waals surface area contributed by atoms with E-state index in [4.69, 9.17) is 0 Å². The van der Waals surface area contributed by atoms with Crippen LogP contribution in [0.2, 0.25) is 0 Å². The normalized spacial score (nSPS) is 16.8. The summed E-state index contributed by atoms with van der Waals surface area (Å²) >= 11 is 1.68. The molecule has 0 bridgehead atoms. The van der Waals surface area contributed by atoms with Gasteiger partial charge in [-0.05, 0) is 50.5 Å². The van der Waals surface area contributed by atoms with Crippen molar-refractivity contribution in [3.63, 3.8) is 0 Å². The second-order valence-electron chi connectivity index (χ2n) is 8.74. The molecule has 2 aromatic carbocycles. The van der Waals surface area contributed by atoms with Crippen LogP contribution in [-0.2, 0) is 5.54 Å². The summed E-state index contributed by atoms with van der Waals surface area (Å²) in [6.07, 6.45) is 4.39. The van der Waals surface area contributed by atoms with Crippen LogP contribution in [0.15, 0.2) is 67.0 Å². The number of thiazole rings is 1. The lowest BCUT2D eigenvalue weighted by Gasteiger charge is -2.37. The largest absolute Gasteiger partial charge is 0.360 e. The Morgan fingerprint density at radius 3 is 2.66 bits per heavy atom. The maximum absolute atomic E-state index is 13.2. The van der Waals surface area contributed by atoms with Crippen LogP contribution in [0, 0.1) is 6.92 Å². The predicted octanol–water partition coefficient (Wildman–Crippen LogP) is 5.86. The van der Waals surface area contributed by atoms with Gasteiger partial charge in [0.1, 0.15) is 16.4 Å². The number of hydrogen-bond acceptors (Lipinski definition) is 5. The average molecular weight is 444 g/mol. The molecule has 2 N–H and O–H groups in total. The summed E-state index contributed by atoms with van der Waals surface area (Å²) < 4.78 is 1.92. The minimum absolute atomic E-state index is 0.0425. The fraction of sp³-hybridized carbons (Fsp3) is 0.240. The highest BCUT2D eigenvalue weighted by Crippen LogP contribution is 2.41. The number of amides is 1. The van der Waals surface area contributed by atoms with E-state index in [1.54, 1.807) is 17.5 Å². The molecule has 1 amide bonds. The fourth-order valence-electron chi connectivity index (χ4n) is 4.20. The van der Waals surface area contributed by atoms with Crippen molar-refractivity contribution < 1.29 is 4.79 Å². The molecule has 0 saturated heterocycles. The average Bonchev–Trinajstić information content (AvgIpc) is 3.41. The molecule has 1 aliphatic heterocycles. The zero-order valence-electron chi connectivity index (χ0n) is 18.3. The minimum Gasteiger partial charge on any atom is -0.360 e. The molecule has 1 atom stereocenters. The summed E-state index contributed by atoms with van der Waals surface area (Å²) in [7, 11) is 0. The van der Waals surface area contributed by atoms with Gasteiger partial charge in [-0.1, -0.05) is 42.5 Å². The second-order valence-corrected chi connectivity index (χ2v) is 10.0. The van der Waals surface area contributed by atoms with Crippen molar-refractivity contribution in [2.75, 3.05) is 10.6 Å². The molecule has 162 valence electrons. The van der Waals surface area contributed by atoms with Gasteiger partial charge in [-0.3, -0.25) is 4.79 Å². The highest BCUT2D eigenvalue weighted by molar-refractivity contribution is 7.11. The van der Waals surface area contributed by atoms with Gasteiger partial charge in [-0.25, -0.2) is 9.67 Å². The number of benzene rings is 2. The lowest BCUT2D eigenvalue weighted by atomic mass is 9.93. The molecular formula is C25H25N5OS. The van der Waals surface area contributed by atoms with Crippen LogP contribution >= 0.6 is 11.3 Å². The van der Waals surface area contributed by atoms with E-state index in [1.165, 1.54) is 4.88 Å². The number of anilines is 2. The van der Waals surface area contributed by atoms with E-state index in [2.05, 4.69) is 53.6 Å². The third-order valence-corrected chi connectivity index (χ3v) is 6.79. The number of rotatable bonds is 4. The van der Waals surface area contributed by atoms with Crippen LogP contribution in [-0.4, -0.2) is 20.7 Å². The predicted molar refractivity (Wildman–Crippen MR) is 129 cm³/mol. The Balaban J connectivity index is 1.42. The van der Waals surface area contributed by atoms with Crippen LogP contribution < -0.4 is 10.6 Å². The number of carbonyl (C=O) groups is 1. The molecule has 5 rings (SSSR count). The third-order valence-electron chi connectivity index (χ3n) is 5.77. The topological polar surface area (TPSA) is 71.8 Å². The van der Waals surface area contributed by atoms with Crippen LogP contribution in [0.5, 0.6) is 0 Å². The third kappa shape index (κ3) is 3.80. The number of nitrogens with zero attached hydrogens (tertiary/aromatic N) is 3. The Morgan fingerprint density at radius 2 is 1.91 bits per heavy atom. The van der Waals surface area contributed by atoms with Crippen LogP contribution in [0.4, 0.5) is 11.5 Å². The van der Waals surface area contributed by atoms with Gasteiger partial charge in [0.15, 0.2) is 0 Å². The molecule has 32 heavy (non-hydrogen) atoms. The second kappa shape index (κ2) is 7.91. The van der Waals surface area contributed by atoms with Gasteiger partial charge in [0.2, 0.25) is 0 Å². The molecule has 0 radical (unpaired) electrons. The Kier molecular flexibility index (Phi) is 5.06. The van der Waals surface area contributed by atoms with Crippen LogP contribution in [0.25, 0.3) is 11.1 Å². The van der Waals surface area contributed by atoms with E-state index in [1.807, 2.05) is 53.3 Å². The van der Waals surface area contributed by atoms with Crippen molar-refractivity contribution in [1.82, 2.24) is 14.8 Å². The molecule has 1 unspecified atom stereocenters. The molecule has 7 heteroatoms. The van der Waals surface area contributed by atoms with E-state index in [9.17, 15) is 4.79 Å². The van der Waals surface area contributed by atoms with Crippen molar-refractivity contribution >= 4 is 28.7 Å². The van der Waals surface area contributed by atoms with E-state index < -0.39 is 0 Å². The molecule has 6 nitrogen and oxygen atoms in total. The summed E-state index contributed by atoms with van der Waals surface area (Å²) in [6, 6.07) is 18.0.